The Labute approximate surface area is 101 Å². The topological polar surface area (TPSA) is 17.1 Å². The molecule has 0 N–H and O–H groups in total. The number of benzene rings is 1. The van der Waals surface area contributed by atoms with Gasteiger partial charge >= 0.3 is 6.18 Å². The molecule has 1 nitrogen and oxygen atoms in total. The zero-order valence-corrected chi connectivity index (χ0v) is 9.57. The molecule has 5 heteroatoms. The van der Waals surface area contributed by atoms with Gasteiger partial charge in [-0.25, -0.2) is 0 Å². The lowest BCUT2D eigenvalue weighted by Gasteiger charge is -2.07. The zero-order chi connectivity index (χ0) is 12.9. The highest BCUT2D eigenvalue weighted by atomic mass is 32.2. The Morgan fingerprint density at radius 3 is 2.71 bits per heavy atom. The lowest BCUT2D eigenvalue weighted by molar-refractivity contribution is -0.137. The van der Waals surface area contributed by atoms with Gasteiger partial charge in [-0.05, 0) is 12.1 Å². The molecule has 1 rings (SSSR count). The Kier molecular flexibility index (Phi) is 4.64. The zero-order valence-electron chi connectivity index (χ0n) is 8.75. The largest absolute Gasteiger partial charge is 0.416 e. The SMILES string of the molecule is C#CCSCC(=O)c1cccc(C(F)(F)F)c1. The molecule has 1 aromatic carbocycles. The first-order chi connectivity index (χ1) is 7.95. The molecule has 0 unspecified atom stereocenters. The molecule has 17 heavy (non-hydrogen) atoms. The maximum absolute atomic E-state index is 12.4. The lowest BCUT2D eigenvalue weighted by atomic mass is 10.1. The van der Waals surface area contributed by atoms with Crippen LogP contribution < -0.4 is 0 Å². The van der Waals surface area contributed by atoms with E-state index in [1.54, 1.807) is 0 Å². The Bertz CT molecular complexity index is 446. The molecule has 0 saturated heterocycles. The Hall–Kier alpha value is -1.41. The lowest BCUT2D eigenvalue weighted by Crippen LogP contribution is -2.08. The van der Waals surface area contributed by atoms with E-state index in [0.29, 0.717) is 5.75 Å². The number of terminal acetylenes is 1. The highest BCUT2D eigenvalue weighted by molar-refractivity contribution is 8.00. The van der Waals surface area contributed by atoms with Gasteiger partial charge < -0.3 is 0 Å². The summed E-state index contributed by atoms with van der Waals surface area (Å²) in [6, 6.07) is 4.39. The number of carbonyl (C=O) groups is 1. The summed E-state index contributed by atoms with van der Waals surface area (Å²) in [6.07, 6.45) is 0.575. The number of hydrogen-bond acceptors (Lipinski definition) is 2. The minimum absolute atomic E-state index is 0.0596. The molecule has 0 bridgehead atoms. The van der Waals surface area contributed by atoms with E-state index in [4.69, 9.17) is 6.42 Å². The molecule has 0 fully saturated rings. The number of alkyl halides is 3. The summed E-state index contributed by atoms with van der Waals surface area (Å²) in [5.74, 6) is 2.44. The molecule has 0 atom stereocenters. The summed E-state index contributed by atoms with van der Waals surface area (Å²) in [7, 11) is 0. The van der Waals surface area contributed by atoms with E-state index in [1.165, 1.54) is 23.9 Å². The molecular formula is C12H9F3OS. The number of halogens is 3. The van der Waals surface area contributed by atoms with Gasteiger partial charge in [0.05, 0.1) is 17.1 Å². The van der Waals surface area contributed by atoms with Crippen molar-refractivity contribution in [2.24, 2.45) is 0 Å². The average Bonchev–Trinajstić information content (AvgIpc) is 2.28. The number of hydrogen-bond donors (Lipinski definition) is 0. The van der Waals surface area contributed by atoms with Crippen LogP contribution in [0.2, 0.25) is 0 Å². The first kappa shape index (κ1) is 13.7. The van der Waals surface area contributed by atoms with E-state index in [1.807, 2.05) is 0 Å². The minimum atomic E-state index is -4.43. The first-order valence-corrected chi connectivity index (χ1v) is 5.82. The summed E-state index contributed by atoms with van der Waals surface area (Å²) < 4.78 is 37.2. The van der Waals surface area contributed by atoms with Crippen LogP contribution in [0.4, 0.5) is 13.2 Å². The predicted molar refractivity (Wildman–Crippen MR) is 61.9 cm³/mol. The van der Waals surface area contributed by atoms with E-state index in [-0.39, 0.29) is 17.1 Å². The van der Waals surface area contributed by atoms with Crippen LogP contribution in [-0.4, -0.2) is 17.3 Å². The van der Waals surface area contributed by atoms with Gasteiger partial charge in [0.25, 0.3) is 0 Å². The van der Waals surface area contributed by atoms with E-state index in [9.17, 15) is 18.0 Å². The molecule has 0 saturated carbocycles. The minimum Gasteiger partial charge on any atom is -0.293 e. The van der Waals surface area contributed by atoms with Crippen molar-refractivity contribution < 1.29 is 18.0 Å². The van der Waals surface area contributed by atoms with Gasteiger partial charge in [-0.2, -0.15) is 13.2 Å². The van der Waals surface area contributed by atoms with Crippen molar-refractivity contribution in [2.45, 2.75) is 6.18 Å². The fourth-order valence-corrected chi connectivity index (χ4v) is 1.73. The molecule has 1 aromatic rings. The van der Waals surface area contributed by atoms with Crippen LogP contribution in [0.15, 0.2) is 24.3 Å². The van der Waals surface area contributed by atoms with E-state index < -0.39 is 11.7 Å². The molecular weight excluding hydrogens is 249 g/mol. The summed E-state index contributed by atoms with van der Waals surface area (Å²) in [5, 5.41) is 0. The van der Waals surface area contributed by atoms with Crippen molar-refractivity contribution in [3.8, 4) is 12.3 Å². The Balaban J connectivity index is 2.79. The van der Waals surface area contributed by atoms with Crippen LogP contribution in [-0.2, 0) is 6.18 Å². The molecule has 0 heterocycles. The Morgan fingerprint density at radius 1 is 1.41 bits per heavy atom. The molecule has 0 aromatic heterocycles. The second kappa shape index (κ2) is 5.78. The van der Waals surface area contributed by atoms with E-state index in [0.717, 1.165) is 12.1 Å². The maximum atomic E-state index is 12.4. The first-order valence-electron chi connectivity index (χ1n) is 4.67. The van der Waals surface area contributed by atoms with Gasteiger partial charge in [0, 0.05) is 5.56 Å². The van der Waals surface area contributed by atoms with Crippen LogP contribution in [0, 0.1) is 12.3 Å². The number of Topliss-reactive ketones (excluding diaryl/α,β-unsaturated/α-hetero) is 1. The molecule has 90 valence electrons. The van der Waals surface area contributed by atoms with Crippen molar-refractivity contribution in [3.63, 3.8) is 0 Å². The second-order valence-electron chi connectivity index (χ2n) is 3.20. The number of thioether (sulfide) groups is 1. The number of rotatable bonds is 4. The summed E-state index contributed by atoms with van der Waals surface area (Å²) in [5.41, 5.74) is -0.755. The maximum Gasteiger partial charge on any atom is 0.416 e. The molecule has 0 spiro atoms. The second-order valence-corrected chi connectivity index (χ2v) is 4.18. The third-order valence-corrected chi connectivity index (χ3v) is 2.77. The van der Waals surface area contributed by atoms with Gasteiger partial charge in [-0.1, -0.05) is 18.1 Å². The molecule has 0 amide bonds. The normalized spacial score (nSPS) is 10.9. The van der Waals surface area contributed by atoms with Gasteiger partial charge in [0.2, 0.25) is 0 Å². The molecule has 0 aliphatic rings. The fraction of sp³-hybridized carbons (Fsp3) is 0.250. The van der Waals surface area contributed by atoms with Crippen LogP contribution >= 0.6 is 11.8 Å². The van der Waals surface area contributed by atoms with Gasteiger partial charge in [-0.15, -0.1) is 18.2 Å². The molecule has 0 aliphatic carbocycles. The summed E-state index contributed by atoms with van der Waals surface area (Å²) in [4.78, 5) is 11.5. The monoisotopic (exact) mass is 258 g/mol. The van der Waals surface area contributed by atoms with Gasteiger partial charge in [0.15, 0.2) is 5.78 Å². The van der Waals surface area contributed by atoms with Crippen molar-refractivity contribution in [1.82, 2.24) is 0 Å². The summed E-state index contributed by atoms with van der Waals surface area (Å²) >= 11 is 1.20. The smallest absolute Gasteiger partial charge is 0.293 e. The highest BCUT2D eigenvalue weighted by Crippen LogP contribution is 2.29. The molecule has 0 aliphatic heterocycles. The van der Waals surface area contributed by atoms with Crippen molar-refractivity contribution in [1.29, 1.82) is 0 Å². The average molecular weight is 258 g/mol. The van der Waals surface area contributed by atoms with E-state index in [2.05, 4.69) is 5.92 Å². The van der Waals surface area contributed by atoms with Crippen LogP contribution in [0.3, 0.4) is 0 Å². The van der Waals surface area contributed by atoms with Crippen LogP contribution in [0.25, 0.3) is 0 Å². The number of carbonyl (C=O) groups excluding carboxylic acids is 1. The van der Waals surface area contributed by atoms with Crippen molar-refractivity contribution in [3.05, 3.63) is 35.4 Å². The number of ketones is 1. The van der Waals surface area contributed by atoms with Gasteiger partial charge in [-0.3, -0.25) is 4.79 Å². The predicted octanol–water partition coefficient (Wildman–Crippen LogP) is 3.25. The van der Waals surface area contributed by atoms with Crippen molar-refractivity contribution in [2.75, 3.05) is 11.5 Å². The third kappa shape index (κ3) is 4.16. The van der Waals surface area contributed by atoms with Crippen LogP contribution in [0.1, 0.15) is 15.9 Å². The quantitative estimate of drug-likeness (QED) is 0.468. The van der Waals surface area contributed by atoms with Crippen LogP contribution in [0.5, 0.6) is 0 Å². The van der Waals surface area contributed by atoms with Gasteiger partial charge in [0.1, 0.15) is 0 Å². The Morgan fingerprint density at radius 2 is 2.12 bits per heavy atom. The molecule has 0 radical (unpaired) electrons. The summed E-state index contributed by atoms with van der Waals surface area (Å²) in [6.45, 7) is 0. The fourth-order valence-electron chi connectivity index (χ4n) is 1.15. The third-order valence-electron chi connectivity index (χ3n) is 1.93. The van der Waals surface area contributed by atoms with Crippen molar-refractivity contribution >= 4 is 17.5 Å². The standard InChI is InChI=1S/C12H9F3OS/c1-2-6-17-8-11(16)9-4-3-5-10(7-9)12(13,14)15/h1,3-5,7H,6,8H2. The van der Waals surface area contributed by atoms with E-state index >= 15 is 0 Å². The highest BCUT2D eigenvalue weighted by Gasteiger charge is 2.30.